The fourth-order valence-electron chi connectivity index (χ4n) is 1.34. The van der Waals surface area contributed by atoms with Gasteiger partial charge in [-0.15, -0.1) is 11.3 Å². The molecule has 0 aliphatic carbocycles. The number of nitrogens with two attached hydrogens (primary N) is 1. The van der Waals surface area contributed by atoms with Gasteiger partial charge in [-0.1, -0.05) is 6.07 Å². The highest BCUT2D eigenvalue weighted by Gasteiger charge is 2.09. The van der Waals surface area contributed by atoms with Crippen molar-refractivity contribution >= 4 is 27.9 Å². The van der Waals surface area contributed by atoms with Crippen molar-refractivity contribution in [2.75, 3.05) is 5.32 Å². The van der Waals surface area contributed by atoms with Gasteiger partial charge in [-0.3, -0.25) is 0 Å². The standard InChI is InChI=1S/C12H11N5S/c1-8(14)9(6-13)10-7-18-12(16-10)17-11-4-2-3-5-15-11/h2-5,7H,14H2,1H3,(H,15,16,17)/b9-8-. The quantitative estimate of drug-likeness (QED) is 0.825. The summed E-state index contributed by atoms with van der Waals surface area (Å²) in [4.78, 5) is 8.44. The third-order valence-electron chi connectivity index (χ3n) is 2.17. The maximum Gasteiger partial charge on any atom is 0.188 e. The Morgan fingerprint density at radius 3 is 2.94 bits per heavy atom. The second kappa shape index (κ2) is 5.29. The minimum atomic E-state index is 0.403. The Bertz CT molecular complexity index is 605. The van der Waals surface area contributed by atoms with Crippen molar-refractivity contribution in [3.8, 4) is 6.07 Å². The SMILES string of the molecule is C/C(N)=C(\C#N)c1csc(Nc2ccccn2)n1. The van der Waals surface area contributed by atoms with Crippen molar-refractivity contribution in [2.24, 2.45) is 5.73 Å². The molecule has 18 heavy (non-hydrogen) atoms. The van der Waals surface area contributed by atoms with Gasteiger partial charge in [0.05, 0.1) is 11.3 Å². The maximum atomic E-state index is 8.99. The first-order valence-corrected chi connectivity index (χ1v) is 6.09. The molecule has 2 heterocycles. The van der Waals surface area contributed by atoms with E-state index in [1.807, 2.05) is 18.2 Å². The molecule has 0 saturated carbocycles. The number of nitriles is 1. The first kappa shape index (κ1) is 12.1. The van der Waals surface area contributed by atoms with Gasteiger partial charge < -0.3 is 11.1 Å². The molecule has 3 N–H and O–H groups in total. The average molecular weight is 257 g/mol. The summed E-state index contributed by atoms with van der Waals surface area (Å²) in [5.74, 6) is 0.713. The van der Waals surface area contributed by atoms with Crippen LogP contribution >= 0.6 is 11.3 Å². The highest BCUT2D eigenvalue weighted by Crippen LogP contribution is 2.24. The first-order chi connectivity index (χ1) is 8.70. The molecule has 5 nitrogen and oxygen atoms in total. The minimum absolute atomic E-state index is 0.403. The number of nitrogens with zero attached hydrogens (tertiary/aromatic N) is 3. The largest absolute Gasteiger partial charge is 0.401 e. The van der Waals surface area contributed by atoms with Crippen molar-refractivity contribution in [1.29, 1.82) is 5.26 Å². The molecule has 0 spiro atoms. The summed E-state index contributed by atoms with van der Waals surface area (Å²) < 4.78 is 0. The van der Waals surface area contributed by atoms with Crippen LogP contribution in [0.1, 0.15) is 12.6 Å². The average Bonchev–Trinajstić information content (AvgIpc) is 2.79. The van der Waals surface area contributed by atoms with Crippen molar-refractivity contribution in [3.63, 3.8) is 0 Å². The second-order valence-corrected chi connectivity index (χ2v) is 4.41. The number of anilines is 2. The van der Waals surface area contributed by atoms with Crippen LogP contribution in [0, 0.1) is 11.3 Å². The van der Waals surface area contributed by atoms with Crippen molar-refractivity contribution in [3.05, 3.63) is 41.2 Å². The molecule has 0 amide bonds. The first-order valence-electron chi connectivity index (χ1n) is 5.21. The molecular weight excluding hydrogens is 246 g/mol. The number of hydrogen-bond acceptors (Lipinski definition) is 6. The molecule has 90 valence electrons. The molecule has 0 aliphatic rings. The van der Waals surface area contributed by atoms with Crippen molar-refractivity contribution in [2.45, 2.75) is 6.92 Å². The highest BCUT2D eigenvalue weighted by molar-refractivity contribution is 7.13. The van der Waals surface area contributed by atoms with Crippen LogP contribution in [0.5, 0.6) is 0 Å². The van der Waals surface area contributed by atoms with E-state index in [1.165, 1.54) is 11.3 Å². The number of rotatable bonds is 3. The van der Waals surface area contributed by atoms with Crippen LogP contribution in [0.3, 0.4) is 0 Å². The Labute approximate surface area is 109 Å². The van der Waals surface area contributed by atoms with Crippen LogP contribution in [0.25, 0.3) is 5.57 Å². The summed E-state index contributed by atoms with van der Waals surface area (Å²) in [6.45, 7) is 1.68. The monoisotopic (exact) mass is 257 g/mol. The van der Waals surface area contributed by atoms with Gasteiger partial charge in [-0.25, -0.2) is 9.97 Å². The van der Waals surface area contributed by atoms with E-state index in [4.69, 9.17) is 11.0 Å². The van der Waals surface area contributed by atoms with Crippen LogP contribution in [-0.2, 0) is 0 Å². The molecule has 0 bridgehead atoms. The summed E-state index contributed by atoms with van der Waals surface area (Å²) in [6.07, 6.45) is 1.70. The van der Waals surface area contributed by atoms with E-state index in [1.54, 1.807) is 18.5 Å². The third-order valence-corrected chi connectivity index (χ3v) is 2.92. The predicted molar refractivity (Wildman–Crippen MR) is 72.0 cm³/mol. The summed E-state index contributed by atoms with van der Waals surface area (Å²) >= 11 is 1.40. The number of allylic oxidation sites excluding steroid dienone is 2. The Hall–Kier alpha value is -2.39. The fourth-order valence-corrected chi connectivity index (χ4v) is 2.05. The number of nitrogens with one attached hydrogen (secondary N) is 1. The third kappa shape index (κ3) is 2.64. The molecule has 2 aromatic heterocycles. The molecule has 2 aromatic rings. The smallest absolute Gasteiger partial charge is 0.188 e. The van der Waals surface area contributed by atoms with E-state index < -0.39 is 0 Å². The van der Waals surface area contributed by atoms with Crippen molar-refractivity contribution in [1.82, 2.24) is 9.97 Å². The van der Waals surface area contributed by atoms with Gasteiger partial charge in [0.15, 0.2) is 5.13 Å². The van der Waals surface area contributed by atoms with Gasteiger partial charge in [-0.2, -0.15) is 5.26 Å². The van der Waals surface area contributed by atoms with E-state index >= 15 is 0 Å². The zero-order valence-electron chi connectivity index (χ0n) is 9.71. The van der Waals surface area contributed by atoms with E-state index in [0.717, 1.165) is 0 Å². The number of thiazole rings is 1. The van der Waals surface area contributed by atoms with Crippen LogP contribution in [0.15, 0.2) is 35.5 Å². The Morgan fingerprint density at radius 2 is 2.33 bits per heavy atom. The highest BCUT2D eigenvalue weighted by atomic mass is 32.1. The molecule has 0 atom stereocenters. The van der Waals surface area contributed by atoms with Gasteiger partial charge in [0.25, 0.3) is 0 Å². The lowest BCUT2D eigenvalue weighted by molar-refractivity contribution is 1.26. The van der Waals surface area contributed by atoms with E-state index in [9.17, 15) is 0 Å². The molecule has 0 aliphatic heterocycles. The van der Waals surface area contributed by atoms with Gasteiger partial charge in [0.1, 0.15) is 11.9 Å². The zero-order valence-corrected chi connectivity index (χ0v) is 10.5. The molecule has 0 aromatic carbocycles. The van der Waals surface area contributed by atoms with Crippen LogP contribution in [-0.4, -0.2) is 9.97 Å². The fraction of sp³-hybridized carbons (Fsp3) is 0.0833. The summed E-state index contributed by atoms with van der Waals surface area (Å²) in [5.41, 5.74) is 7.08. The van der Waals surface area contributed by atoms with Gasteiger partial charge >= 0.3 is 0 Å². The molecule has 0 radical (unpaired) electrons. The van der Waals surface area contributed by atoms with Crippen LogP contribution < -0.4 is 11.1 Å². The van der Waals surface area contributed by atoms with Crippen LogP contribution in [0.4, 0.5) is 10.9 Å². The van der Waals surface area contributed by atoms with Gasteiger partial charge in [-0.05, 0) is 19.1 Å². The number of pyridine rings is 1. The normalized spacial score (nSPS) is 11.6. The summed E-state index contributed by atoms with van der Waals surface area (Å²) in [6, 6.07) is 7.62. The number of aromatic nitrogens is 2. The van der Waals surface area contributed by atoms with Gasteiger partial charge in [0, 0.05) is 17.3 Å². The topological polar surface area (TPSA) is 87.6 Å². The predicted octanol–water partition coefficient (Wildman–Crippen LogP) is 2.49. The van der Waals surface area contributed by atoms with Gasteiger partial charge in [0.2, 0.25) is 0 Å². The maximum absolute atomic E-state index is 8.99. The molecule has 6 heteroatoms. The molecule has 0 saturated heterocycles. The Balaban J connectivity index is 2.22. The number of hydrogen-bond donors (Lipinski definition) is 2. The molecule has 0 fully saturated rings. The molecule has 0 unspecified atom stereocenters. The lowest BCUT2D eigenvalue weighted by atomic mass is 10.2. The minimum Gasteiger partial charge on any atom is -0.401 e. The second-order valence-electron chi connectivity index (χ2n) is 3.55. The Kier molecular flexibility index (Phi) is 3.55. The molecule has 2 rings (SSSR count). The van der Waals surface area contributed by atoms with Crippen LogP contribution in [0.2, 0.25) is 0 Å². The van der Waals surface area contributed by atoms with E-state index in [-0.39, 0.29) is 0 Å². The summed E-state index contributed by atoms with van der Waals surface area (Å²) in [7, 11) is 0. The lowest BCUT2D eigenvalue weighted by Crippen LogP contribution is -1.97. The zero-order chi connectivity index (χ0) is 13.0. The van der Waals surface area contributed by atoms with Crippen molar-refractivity contribution < 1.29 is 0 Å². The van der Waals surface area contributed by atoms with E-state index in [2.05, 4.69) is 21.4 Å². The van der Waals surface area contributed by atoms with E-state index in [0.29, 0.717) is 27.9 Å². The lowest BCUT2D eigenvalue weighted by Gasteiger charge is -1.99. The molecular formula is C12H11N5S. The summed E-state index contributed by atoms with van der Waals surface area (Å²) in [5, 5.41) is 14.5. The Morgan fingerprint density at radius 1 is 1.50 bits per heavy atom.